The third-order valence-corrected chi connectivity index (χ3v) is 4.73. The van der Waals surface area contributed by atoms with Gasteiger partial charge in [0.05, 0.1) is 5.69 Å². The molecule has 106 valence electrons. The summed E-state index contributed by atoms with van der Waals surface area (Å²) in [5.41, 5.74) is 5.45. The molecule has 0 radical (unpaired) electrons. The first-order valence-electron chi connectivity index (χ1n) is 5.33. The lowest BCUT2D eigenvalue weighted by Crippen LogP contribution is -2.16. The number of hydrogen-bond acceptors (Lipinski definition) is 3. The fourth-order valence-corrected chi connectivity index (χ4v) is 3.43. The van der Waals surface area contributed by atoms with Gasteiger partial charge >= 0.3 is 0 Å². The average molecular weight is 410 g/mol. The van der Waals surface area contributed by atoms with E-state index in [0.717, 1.165) is 12.1 Å². The van der Waals surface area contributed by atoms with Crippen LogP contribution >= 0.6 is 22.6 Å². The van der Waals surface area contributed by atoms with Crippen LogP contribution in [0.4, 0.5) is 20.2 Å². The molecule has 8 heteroatoms. The molecule has 0 saturated carbocycles. The van der Waals surface area contributed by atoms with Gasteiger partial charge in [0.25, 0.3) is 10.0 Å². The first-order chi connectivity index (χ1) is 9.31. The van der Waals surface area contributed by atoms with Crippen LogP contribution in [0.1, 0.15) is 0 Å². The minimum absolute atomic E-state index is 0.174. The van der Waals surface area contributed by atoms with Gasteiger partial charge in [0.2, 0.25) is 0 Å². The molecule has 0 aromatic heterocycles. The minimum atomic E-state index is -4.26. The summed E-state index contributed by atoms with van der Waals surface area (Å²) in [6, 6.07) is 8.13. The van der Waals surface area contributed by atoms with Gasteiger partial charge in [-0.25, -0.2) is 17.2 Å². The topological polar surface area (TPSA) is 72.2 Å². The average Bonchev–Trinajstić information content (AvgIpc) is 2.36. The van der Waals surface area contributed by atoms with Crippen molar-refractivity contribution in [2.75, 3.05) is 10.5 Å². The Kier molecular flexibility index (Phi) is 4.14. The largest absolute Gasteiger partial charge is 0.399 e. The minimum Gasteiger partial charge on any atom is -0.399 e. The van der Waals surface area contributed by atoms with Gasteiger partial charge in [0, 0.05) is 9.26 Å². The second-order valence-corrected chi connectivity index (χ2v) is 6.71. The molecular formula is C12H9F2IN2O2S. The summed E-state index contributed by atoms with van der Waals surface area (Å²) in [6.07, 6.45) is 0. The van der Waals surface area contributed by atoms with Gasteiger partial charge in [-0.15, -0.1) is 0 Å². The predicted octanol–water partition coefficient (Wildman–Crippen LogP) is 2.95. The van der Waals surface area contributed by atoms with E-state index in [1.165, 1.54) is 6.07 Å². The summed E-state index contributed by atoms with van der Waals surface area (Å²) >= 11 is 1.92. The number of hydrogen-bond donors (Lipinski definition) is 2. The third kappa shape index (κ3) is 3.01. The van der Waals surface area contributed by atoms with E-state index in [1.54, 1.807) is 18.2 Å². The van der Waals surface area contributed by atoms with E-state index in [9.17, 15) is 17.2 Å². The molecule has 2 rings (SSSR count). The van der Waals surface area contributed by atoms with Gasteiger partial charge in [-0.3, -0.25) is 4.72 Å². The van der Waals surface area contributed by atoms with Crippen molar-refractivity contribution in [3.05, 3.63) is 51.6 Å². The number of halogens is 3. The maximum Gasteiger partial charge on any atom is 0.265 e. The Morgan fingerprint density at radius 1 is 1.15 bits per heavy atom. The van der Waals surface area contributed by atoms with Crippen LogP contribution in [0.5, 0.6) is 0 Å². The summed E-state index contributed by atoms with van der Waals surface area (Å²) < 4.78 is 53.9. The molecular weight excluding hydrogens is 401 g/mol. The number of benzene rings is 2. The van der Waals surface area contributed by atoms with Crippen LogP contribution < -0.4 is 10.5 Å². The summed E-state index contributed by atoms with van der Waals surface area (Å²) in [5.74, 6) is -2.77. The van der Waals surface area contributed by atoms with Crippen molar-refractivity contribution in [3.8, 4) is 0 Å². The Hall–Kier alpha value is -1.42. The molecule has 0 aliphatic heterocycles. The van der Waals surface area contributed by atoms with Crippen molar-refractivity contribution in [2.45, 2.75) is 4.90 Å². The van der Waals surface area contributed by atoms with Crippen LogP contribution in [0.15, 0.2) is 41.3 Å². The van der Waals surface area contributed by atoms with Gasteiger partial charge in [0.1, 0.15) is 4.90 Å². The molecule has 0 heterocycles. The number of para-hydroxylation sites is 1. The summed E-state index contributed by atoms with van der Waals surface area (Å²) in [7, 11) is -4.26. The molecule has 0 aliphatic carbocycles. The van der Waals surface area contributed by atoms with Gasteiger partial charge in [-0.2, -0.15) is 0 Å². The molecule has 3 N–H and O–H groups in total. The number of nitrogens with two attached hydrogens (primary N) is 1. The molecule has 0 amide bonds. The van der Waals surface area contributed by atoms with Gasteiger partial charge in [-0.05, 0) is 46.9 Å². The number of rotatable bonds is 3. The number of nitrogen functional groups attached to an aromatic ring is 1. The molecule has 0 atom stereocenters. The Morgan fingerprint density at radius 3 is 2.45 bits per heavy atom. The molecule has 2 aromatic carbocycles. The SMILES string of the molecule is Nc1cc(F)c(F)c(S(=O)(=O)Nc2ccccc2I)c1. The molecule has 0 spiro atoms. The van der Waals surface area contributed by atoms with Crippen LogP contribution in [0.2, 0.25) is 0 Å². The highest BCUT2D eigenvalue weighted by atomic mass is 127. The van der Waals surface area contributed by atoms with Crippen molar-refractivity contribution >= 4 is 44.0 Å². The molecule has 2 aromatic rings. The molecule has 0 aliphatic rings. The lowest BCUT2D eigenvalue weighted by Gasteiger charge is -2.11. The highest BCUT2D eigenvalue weighted by molar-refractivity contribution is 14.1. The zero-order valence-electron chi connectivity index (χ0n) is 9.90. The van der Waals surface area contributed by atoms with E-state index in [1.807, 2.05) is 22.6 Å². The van der Waals surface area contributed by atoms with E-state index in [2.05, 4.69) is 4.72 Å². The number of sulfonamides is 1. The molecule has 0 unspecified atom stereocenters. The Morgan fingerprint density at radius 2 is 1.80 bits per heavy atom. The Bertz CT molecular complexity index is 766. The van der Waals surface area contributed by atoms with Crippen LogP contribution in [-0.2, 0) is 10.0 Å². The summed E-state index contributed by atoms with van der Waals surface area (Å²) in [4.78, 5) is -0.824. The highest BCUT2D eigenvalue weighted by Gasteiger charge is 2.23. The first-order valence-corrected chi connectivity index (χ1v) is 7.89. The van der Waals surface area contributed by atoms with Crippen molar-refractivity contribution in [3.63, 3.8) is 0 Å². The predicted molar refractivity (Wildman–Crippen MR) is 80.7 cm³/mol. The van der Waals surface area contributed by atoms with Gasteiger partial charge in [-0.1, -0.05) is 12.1 Å². The third-order valence-electron chi connectivity index (χ3n) is 2.42. The number of anilines is 2. The fraction of sp³-hybridized carbons (Fsp3) is 0. The van der Waals surface area contributed by atoms with Crippen molar-refractivity contribution in [2.24, 2.45) is 0 Å². The lowest BCUT2D eigenvalue weighted by molar-refractivity contribution is 0.486. The van der Waals surface area contributed by atoms with E-state index in [-0.39, 0.29) is 11.4 Å². The standard InChI is InChI=1S/C12H9F2IN2O2S/c13-8-5-7(16)6-11(12(8)14)20(18,19)17-10-4-2-1-3-9(10)15/h1-6,17H,16H2. The maximum atomic E-state index is 13.6. The zero-order chi connectivity index (χ0) is 14.9. The second-order valence-electron chi connectivity index (χ2n) is 3.90. The highest BCUT2D eigenvalue weighted by Crippen LogP contribution is 2.25. The molecule has 20 heavy (non-hydrogen) atoms. The molecule has 4 nitrogen and oxygen atoms in total. The summed E-state index contributed by atoms with van der Waals surface area (Å²) in [5, 5.41) is 0. The molecule has 0 saturated heterocycles. The zero-order valence-corrected chi connectivity index (χ0v) is 12.9. The van der Waals surface area contributed by atoms with E-state index in [0.29, 0.717) is 3.57 Å². The maximum absolute atomic E-state index is 13.6. The molecule has 0 fully saturated rings. The van der Waals surface area contributed by atoms with Crippen LogP contribution in [0.3, 0.4) is 0 Å². The monoisotopic (exact) mass is 410 g/mol. The van der Waals surface area contributed by atoms with Gasteiger partial charge < -0.3 is 5.73 Å². The van der Waals surface area contributed by atoms with Crippen molar-refractivity contribution in [1.82, 2.24) is 0 Å². The van der Waals surface area contributed by atoms with Crippen LogP contribution in [0.25, 0.3) is 0 Å². The second kappa shape index (κ2) is 5.52. The summed E-state index contributed by atoms with van der Waals surface area (Å²) in [6.45, 7) is 0. The number of nitrogens with one attached hydrogen (secondary N) is 1. The Balaban J connectivity index is 2.49. The van der Waals surface area contributed by atoms with E-state index < -0.39 is 26.6 Å². The fourth-order valence-electron chi connectivity index (χ4n) is 1.52. The van der Waals surface area contributed by atoms with Crippen molar-refractivity contribution < 1.29 is 17.2 Å². The van der Waals surface area contributed by atoms with Crippen LogP contribution in [-0.4, -0.2) is 8.42 Å². The quantitative estimate of drug-likeness (QED) is 0.604. The van der Waals surface area contributed by atoms with E-state index in [4.69, 9.17) is 5.73 Å². The first kappa shape index (κ1) is 15.0. The van der Waals surface area contributed by atoms with Crippen molar-refractivity contribution in [1.29, 1.82) is 0 Å². The van der Waals surface area contributed by atoms with Gasteiger partial charge in [0.15, 0.2) is 11.6 Å². The van der Waals surface area contributed by atoms with E-state index >= 15 is 0 Å². The molecule has 0 bridgehead atoms. The Labute approximate surface area is 128 Å². The van der Waals surface area contributed by atoms with Crippen LogP contribution in [0, 0.1) is 15.2 Å². The normalized spacial score (nSPS) is 11.3. The lowest BCUT2D eigenvalue weighted by atomic mass is 10.3. The smallest absolute Gasteiger partial charge is 0.265 e.